The number of rotatable bonds is 9. The van der Waals surface area contributed by atoms with Crippen LogP contribution in [0.2, 0.25) is 0 Å². The summed E-state index contributed by atoms with van der Waals surface area (Å²) in [6, 6.07) is 15.0. The highest BCUT2D eigenvalue weighted by Gasteiger charge is 2.14. The van der Waals surface area contributed by atoms with Crippen molar-refractivity contribution in [2.24, 2.45) is 0 Å². The molecule has 0 bridgehead atoms. The Hall–Kier alpha value is -2.60. The van der Waals surface area contributed by atoms with Crippen molar-refractivity contribution >= 4 is 17.4 Å². The van der Waals surface area contributed by atoms with Gasteiger partial charge in [0.25, 0.3) is 0 Å². The predicted molar refractivity (Wildman–Crippen MR) is 115 cm³/mol. The quantitative estimate of drug-likeness (QED) is 0.358. The van der Waals surface area contributed by atoms with Gasteiger partial charge in [0.1, 0.15) is 5.82 Å². The predicted octanol–water partition coefficient (Wildman–Crippen LogP) is 5.41. The van der Waals surface area contributed by atoms with Crippen LogP contribution in [0.5, 0.6) is 0 Å². The number of anilines is 1. The summed E-state index contributed by atoms with van der Waals surface area (Å²) in [5, 5.41) is 9.62. The largest absolute Gasteiger partial charge is 0.372 e. The molecule has 0 saturated carbocycles. The van der Waals surface area contributed by atoms with E-state index in [1.807, 2.05) is 6.08 Å². The van der Waals surface area contributed by atoms with Gasteiger partial charge in [-0.3, -0.25) is 4.57 Å². The van der Waals surface area contributed by atoms with E-state index in [4.69, 9.17) is 0 Å². The molecule has 0 aliphatic carbocycles. The molecule has 3 rings (SSSR count). The van der Waals surface area contributed by atoms with Crippen LogP contribution in [0.15, 0.2) is 66.3 Å². The Morgan fingerprint density at radius 1 is 1.04 bits per heavy atom. The minimum Gasteiger partial charge on any atom is -0.372 e. The van der Waals surface area contributed by atoms with Gasteiger partial charge in [0, 0.05) is 36.6 Å². The van der Waals surface area contributed by atoms with Gasteiger partial charge in [-0.05, 0) is 55.8 Å². The van der Waals surface area contributed by atoms with E-state index in [0.29, 0.717) is 12.3 Å². The summed E-state index contributed by atoms with van der Waals surface area (Å²) in [5.41, 5.74) is 3.28. The number of hydrogen-bond acceptors (Lipinski definition) is 4. The van der Waals surface area contributed by atoms with Crippen LogP contribution in [0.4, 0.5) is 10.1 Å². The molecule has 6 heteroatoms. The average molecular weight is 397 g/mol. The van der Waals surface area contributed by atoms with E-state index in [1.165, 1.54) is 17.8 Å². The van der Waals surface area contributed by atoms with Crippen LogP contribution >= 0.6 is 11.8 Å². The van der Waals surface area contributed by atoms with Crippen LogP contribution < -0.4 is 4.90 Å². The van der Waals surface area contributed by atoms with E-state index in [-0.39, 0.29) is 5.82 Å². The highest BCUT2D eigenvalue weighted by Crippen LogP contribution is 2.28. The average Bonchev–Trinajstić information content (AvgIpc) is 3.12. The van der Waals surface area contributed by atoms with Gasteiger partial charge in [-0.1, -0.05) is 30.0 Å². The molecular formula is C22H25FN4S. The Kier molecular flexibility index (Phi) is 6.87. The van der Waals surface area contributed by atoms with Gasteiger partial charge in [0.15, 0.2) is 11.0 Å². The smallest absolute Gasteiger partial charge is 0.192 e. The van der Waals surface area contributed by atoms with E-state index in [0.717, 1.165) is 35.2 Å². The van der Waals surface area contributed by atoms with E-state index in [1.54, 1.807) is 23.9 Å². The molecule has 0 N–H and O–H groups in total. The molecule has 2 aromatic carbocycles. The molecule has 0 aliphatic heterocycles. The number of hydrogen-bond donors (Lipinski definition) is 0. The van der Waals surface area contributed by atoms with Crippen molar-refractivity contribution in [3.05, 3.63) is 72.6 Å². The second kappa shape index (κ2) is 9.55. The zero-order valence-electron chi connectivity index (χ0n) is 16.3. The molecule has 4 nitrogen and oxygen atoms in total. The first-order valence-electron chi connectivity index (χ1n) is 9.43. The third-order valence-electron chi connectivity index (χ3n) is 4.56. The molecule has 0 fully saturated rings. The number of benzene rings is 2. The van der Waals surface area contributed by atoms with Crippen molar-refractivity contribution in [1.82, 2.24) is 14.8 Å². The number of halogens is 1. The van der Waals surface area contributed by atoms with Gasteiger partial charge < -0.3 is 4.90 Å². The molecular weight excluding hydrogens is 371 g/mol. The highest BCUT2D eigenvalue weighted by molar-refractivity contribution is 7.98. The van der Waals surface area contributed by atoms with Gasteiger partial charge in [0.05, 0.1) is 0 Å². The number of thioether (sulfide) groups is 1. The fourth-order valence-corrected chi connectivity index (χ4v) is 3.94. The van der Waals surface area contributed by atoms with Gasteiger partial charge in [0.2, 0.25) is 0 Å². The first kappa shape index (κ1) is 20.1. The summed E-state index contributed by atoms with van der Waals surface area (Å²) in [6.45, 7) is 10.8. The van der Waals surface area contributed by atoms with E-state index < -0.39 is 0 Å². The van der Waals surface area contributed by atoms with Crippen LogP contribution in [-0.2, 0) is 12.3 Å². The molecule has 0 spiro atoms. The fourth-order valence-electron chi connectivity index (χ4n) is 3.04. The second-order valence-corrected chi connectivity index (χ2v) is 7.28. The van der Waals surface area contributed by atoms with Crippen molar-refractivity contribution in [3.8, 4) is 11.4 Å². The molecule has 3 aromatic rings. The van der Waals surface area contributed by atoms with E-state index in [9.17, 15) is 4.39 Å². The Labute approximate surface area is 170 Å². The standard InChI is InChI=1S/C22H25FN4S/c1-4-15-27-21(18-9-13-20(14-10-18)26(5-2)6-3)24-25-22(27)28-16-17-7-11-19(23)12-8-17/h4,7-14H,1,5-6,15-16H2,2-3H3. The van der Waals surface area contributed by atoms with Crippen molar-refractivity contribution in [1.29, 1.82) is 0 Å². The fraction of sp³-hybridized carbons (Fsp3) is 0.273. The molecule has 146 valence electrons. The van der Waals surface area contributed by atoms with E-state index in [2.05, 4.69) is 64.4 Å². The Bertz CT molecular complexity index is 899. The number of allylic oxidation sites excluding steroid dienone is 1. The highest BCUT2D eigenvalue weighted by atomic mass is 32.2. The maximum absolute atomic E-state index is 13.1. The Morgan fingerprint density at radius 2 is 1.71 bits per heavy atom. The SMILES string of the molecule is C=CCn1c(SCc2ccc(F)cc2)nnc1-c1ccc(N(CC)CC)cc1. The van der Waals surface area contributed by atoms with Crippen LogP contribution in [0.1, 0.15) is 19.4 Å². The molecule has 0 aliphatic rings. The first-order chi connectivity index (χ1) is 13.7. The molecule has 1 aromatic heterocycles. The van der Waals surface area contributed by atoms with E-state index >= 15 is 0 Å². The summed E-state index contributed by atoms with van der Waals surface area (Å²) < 4.78 is 15.1. The molecule has 0 amide bonds. The first-order valence-corrected chi connectivity index (χ1v) is 10.4. The lowest BCUT2D eigenvalue weighted by Crippen LogP contribution is -2.21. The van der Waals surface area contributed by atoms with Crippen LogP contribution in [0.25, 0.3) is 11.4 Å². The lowest BCUT2D eigenvalue weighted by molar-refractivity contribution is 0.627. The number of nitrogens with zero attached hydrogens (tertiary/aromatic N) is 4. The lowest BCUT2D eigenvalue weighted by atomic mass is 10.2. The molecule has 0 atom stereocenters. The molecule has 1 heterocycles. The zero-order valence-corrected chi connectivity index (χ0v) is 17.1. The molecule has 28 heavy (non-hydrogen) atoms. The molecule has 0 radical (unpaired) electrons. The summed E-state index contributed by atoms with van der Waals surface area (Å²) in [5.74, 6) is 1.31. The summed E-state index contributed by atoms with van der Waals surface area (Å²) in [6.07, 6.45) is 1.85. The second-order valence-electron chi connectivity index (χ2n) is 6.34. The maximum atomic E-state index is 13.1. The lowest BCUT2D eigenvalue weighted by Gasteiger charge is -2.21. The molecule has 0 unspecified atom stereocenters. The zero-order chi connectivity index (χ0) is 19.9. The van der Waals surface area contributed by atoms with Gasteiger partial charge in [-0.2, -0.15) is 0 Å². The van der Waals surface area contributed by atoms with Crippen LogP contribution in [0.3, 0.4) is 0 Å². The third-order valence-corrected chi connectivity index (χ3v) is 5.60. The van der Waals surface area contributed by atoms with Gasteiger partial charge >= 0.3 is 0 Å². The van der Waals surface area contributed by atoms with Crippen molar-refractivity contribution < 1.29 is 4.39 Å². The van der Waals surface area contributed by atoms with Crippen molar-refractivity contribution in [3.63, 3.8) is 0 Å². The summed E-state index contributed by atoms with van der Waals surface area (Å²) in [4.78, 5) is 2.31. The Balaban J connectivity index is 1.81. The van der Waals surface area contributed by atoms with Crippen LogP contribution in [-0.4, -0.2) is 27.9 Å². The molecule has 0 saturated heterocycles. The van der Waals surface area contributed by atoms with Gasteiger partial charge in [-0.25, -0.2) is 4.39 Å². The summed E-state index contributed by atoms with van der Waals surface area (Å²) in [7, 11) is 0. The number of aromatic nitrogens is 3. The minimum atomic E-state index is -0.223. The maximum Gasteiger partial charge on any atom is 0.192 e. The van der Waals surface area contributed by atoms with Gasteiger partial charge in [-0.15, -0.1) is 16.8 Å². The van der Waals surface area contributed by atoms with Crippen molar-refractivity contribution in [2.75, 3.05) is 18.0 Å². The van der Waals surface area contributed by atoms with Crippen molar-refractivity contribution in [2.45, 2.75) is 31.3 Å². The topological polar surface area (TPSA) is 34.0 Å². The summed E-state index contributed by atoms with van der Waals surface area (Å²) >= 11 is 1.59. The normalized spacial score (nSPS) is 10.8. The monoisotopic (exact) mass is 396 g/mol. The minimum absolute atomic E-state index is 0.223. The Morgan fingerprint density at radius 3 is 2.32 bits per heavy atom. The van der Waals surface area contributed by atoms with Crippen LogP contribution in [0, 0.1) is 5.82 Å². The third kappa shape index (κ3) is 4.62.